The smallest absolute Gasteiger partial charge is 0.270 e. The summed E-state index contributed by atoms with van der Waals surface area (Å²) in [7, 11) is 0. The number of benzene rings is 1. The first-order valence-corrected chi connectivity index (χ1v) is 12.6. The third-order valence-electron chi connectivity index (χ3n) is 6.18. The second-order valence-corrected chi connectivity index (χ2v) is 10.1. The van der Waals surface area contributed by atoms with Gasteiger partial charge in [0.25, 0.3) is 11.8 Å². The molecule has 0 saturated carbocycles. The first-order chi connectivity index (χ1) is 16.7. The largest absolute Gasteiger partial charge is 0.308 e. The van der Waals surface area contributed by atoms with Gasteiger partial charge in [0.1, 0.15) is 16.6 Å². The van der Waals surface area contributed by atoms with E-state index in [-0.39, 0.29) is 10.7 Å². The molecule has 3 aromatic rings. The number of nitrogens with zero attached hydrogens (tertiary/aromatic N) is 3. The maximum Gasteiger partial charge on any atom is 0.270 e. The van der Waals surface area contributed by atoms with Gasteiger partial charge in [0.15, 0.2) is 5.11 Å². The van der Waals surface area contributed by atoms with Gasteiger partial charge in [-0.1, -0.05) is 31.0 Å². The fraction of sp³-hybridized carbons (Fsp3) is 0.259. The number of aromatic nitrogens is 1. The van der Waals surface area contributed by atoms with Crippen LogP contribution in [0.1, 0.15) is 51.9 Å². The molecule has 178 valence electrons. The van der Waals surface area contributed by atoms with E-state index in [4.69, 9.17) is 12.2 Å². The topological polar surface area (TPSA) is 78.1 Å². The Kier molecular flexibility index (Phi) is 6.75. The van der Waals surface area contributed by atoms with Gasteiger partial charge in [0, 0.05) is 16.3 Å². The highest BCUT2D eigenvalue weighted by Crippen LogP contribution is 2.35. The van der Waals surface area contributed by atoms with Gasteiger partial charge in [-0.05, 0) is 81.7 Å². The van der Waals surface area contributed by atoms with Crippen LogP contribution in [0.25, 0.3) is 11.1 Å². The summed E-state index contributed by atoms with van der Waals surface area (Å²) in [5, 5.41) is 13.4. The van der Waals surface area contributed by atoms with E-state index in [0.29, 0.717) is 11.3 Å². The maximum atomic E-state index is 13.4. The fourth-order valence-electron chi connectivity index (χ4n) is 4.29. The normalized spacial score (nSPS) is 15.0. The van der Waals surface area contributed by atoms with E-state index in [1.807, 2.05) is 50.5 Å². The van der Waals surface area contributed by atoms with Crippen molar-refractivity contribution in [2.24, 2.45) is 0 Å². The molecule has 2 amide bonds. The molecule has 1 aromatic carbocycles. The average molecular weight is 503 g/mol. The number of nitriles is 1. The second-order valence-electron chi connectivity index (χ2n) is 8.65. The van der Waals surface area contributed by atoms with Crippen LogP contribution in [0, 0.1) is 39.0 Å². The molecule has 0 unspecified atom stereocenters. The van der Waals surface area contributed by atoms with E-state index < -0.39 is 11.8 Å². The van der Waals surface area contributed by atoms with E-state index in [1.165, 1.54) is 9.78 Å². The van der Waals surface area contributed by atoms with Crippen molar-refractivity contribution in [3.8, 4) is 11.1 Å². The molecule has 1 aliphatic rings. The van der Waals surface area contributed by atoms with Crippen LogP contribution in [0.2, 0.25) is 0 Å². The Morgan fingerprint density at radius 2 is 1.83 bits per heavy atom. The molecule has 0 bridgehead atoms. The number of hydrogen-bond donors (Lipinski definition) is 1. The molecular formula is C27H26N4O2S2. The zero-order valence-electron chi connectivity index (χ0n) is 20.4. The minimum absolute atomic E-state index is 0.00830. The van der Waals surface area contributed by atoms with Crippen LogP contribution in [-0.2, 0) is 16.0 Å². The van der Waals surface area contributed by atoms with E-state index in [9.17, 15) is 14.9 Å². The third-order valence-corrected chi connectivity index (χ3v) is 7.80. The van der Waals surface area contributed by atoms with Gasteiger partial charge in [0.05, 0.1) is 11.3 Å². The monoisotopic (exact) mass is 502 g/mol. The van der Waals surface area contributed by atoms with Crippen LogP contribution in [0.4, 0.5) is 5.69 Å². The van der Waals surface area contributed by atoms with Gasteiger partial charge in [-0.25, -0.2) is 0 Å². The molecule has 3 heterocycles. The molecule has 4 rings (SSSR count). The molecule has 0 atom stereocenters. The van der Waals surface area contributed by atoms with Crippen molar-refractivity contribution in [1.29, 1.82) is 5.26 Å². The van der Waals surface area contributed by atoms with Crippen LogP contribution in [0.5, 0.6) is 0 Å². The molecule has 1 aliphatic heterocycles. The SMILES string of the molecule is CCCc1sc(-n2c(C)cc(/C=C3\C(=O)NC(=S)N(c4ccc(C)cc4)C3=O)c2C)c(C#N)c1C. The summed E-state index contributed by atoms with van der Waals surface area (Å²) in [6, 6.07) is 11.7. The standard InChI is InChI=1S/C27H26N4O2S2/c1-6-7-23-17(4)22(14-28)26(35-23)30-16(3)12-19(18(30)5)13-21-24(32)29-27(34)31(25(21)33)20-10-8-15(2)9-11-20/h8-13H,6-7H2,1-5H3,(H,29,32,34)/b21-13+. The van der Waals surface area contributed by atoms with E-state index in [2.05, 4.69) is 18.3 Å². The summed E-state index contributed by atoms with van der Waals surface area (Å²) in [6.07, 6.45) is 3.53. The molecule has 1 N–H and O–H groups in total. The first kappa shape index (κ1) is 24.6. The highest BCUT2D eigenvalue weighted by Gasteiger charge is 2.34. The highest BCUT2D eigenvalue weighted by atomic mass is 32.1. The van der Waals surface area contributed by atoms with Crippen molar-refractivity contribution in [2.75, 3.05) is 4.90 Å². The van der Waals surface area contributed by atoms with Crippen molar-refractivity contribution in [3.05, 3.63) is 74.4 Å². The Morgan fingerprint density at radius 3 is 2.46 bits per heavy atom. The average Bonchev–Trinajstić information content (AvgIpc) is 3.26. The van der Waals surface area contributed by atoms with Crippen LogP contribution >= 0.6 is 23.6 Å². The number of hydrogen-bond acceptors (Lipinski definition) is 5. The predicted octanol–water partition coefficient (Wildman–Crippen LogP) is 5.43. The lowest BCUT2D eigenvalue weighted by molar-refractivity contribution is -0.122. The number of thiocarbonyl (C=S) groups is 1. The van der Waals surface area contributed by atoms with Crippen molar-refractivity contribution in [3.63, 3.8) is 0 Å². The lowest BCUT2D eigenvalue weighted by Gasteiger charge is -2.29. The number of carbonyl (C=O) groups is 2. The zero-order chi connectivity index (χ0) is 25.4. The van der Waals surface area contributed by atoms with Crippen molar-refractivity contribution < 1.29 is 9.59 Å². The van der Waals surface area contributed by atoms with Gasteiger partial charge >= 0.3 is 0 Å². The molecule has 35 heavy (non-hydrogen) atoms. The van der Waals surface area contributed by atoms with Crippen LogP contribution < -0.4 is 10.2 Å². The lowest BCUT2D eigenvalue weighted by Crippen LogP contribution is -2.54. The van der Waals surface area contributed by atoms with Gasteiger partial charge in [-0.2, -0.15) is 5.26 Å². The summed E-state index contributed by atoms with van der Waals surface area (Å²) in [5.74, 6) is -0.995. The van der Waals surface area contributed by atoms with Crippen molar-refractivity contribution >= 4 is 52.2 Å². The number of rotatable bonds is 5. The molecule has 1 saturated heterocycles. The number of carbonyl (C=O) groups excluding carboxylic acids is 2. The van der Waals surface area contributed by atoms with E-state index >= 15 is 0 Å². The third kappa shape index (κ3) is 4.33. The number of anilines is 1. The Morgan fingerprint density at radius 1 is 1.14 bits per heavy atom. The van der Waals surface area contributed by atoms with Gasteiger partial charge in [-0.3, -0.25) is 19.8 Å². The molecule has 1 fully saturated rings. The highest BCUT2D eigenvalue weighted by molar-refractivity contribution is 7.80. The van der Waals surface area contributed by atoms with E-state index in [1.54, 1.807) is 29.5 Å². The van der Waals surface area contributed by atoms with Gasteiger partial charge in [-0.15, -0.1) is 11.3 Å². The summed E-state index contributed by atoms with van der Waals surface area (Å²) >= 11 is 6.93. The quantitative estimate of drug-likeness (QED) is 0.287. The summed E-state index contributed by atoms with van der Waals surface area (Å²) in [4.78, 5) is 28.7. The predicted molar refractivity (Wildman–Crippen MR) is 144 cm³/mol. The van der Waals surface area contributed by atoms with Crippen LogP contribution in [-0.4, -0.2) is 21.5 Å². The lowest BCUT2D eigenvalue weighted by atomic mass is 10.1. The summed E-state index contributed by atoms with van der Waals surface area (Å²) < 4.78 is 2.04. The number of amides is 2. The van der Waals surface area contributed by atoms with Crippen molar-refractivity contribution in [2.45, 2.75) is 47.5 Å². The van der Waals surface area contributed by atoms with Gasteiger partial charge in [0.2, 0.25) is 0 Å². The molecular weight excluding hydrogens is 476 g/mol. The van der Waals surface area contributed by atoms with E-state index in [0.717, 1.165) is 45.9 Å². The Bertz CT molecular complexity index is 1440. The Balaban J connectivity index is 1.79. The molecule has 6 nitrogen and oxygen atoms in total. The molecule has 8 heteroatoms. The number of nitrogens with one attached hydrogen (secondary N) is 1. The minimum Gasteiger partial charge on any atom is -0.308 e. The minimum atomic E-state index is -0.525. The second kappa shape index (κ2) is 9.61. The summed E-state index contributed by atoms with van der Waals surface area (Å²) in [5.41, 5.74) is 5.86. The van der Waals surface area contributed by atoms with Gasteiger partial charge < -0.3 is 4.57 Å². The maximum absolute atomic E-state index is 13.4. The zero-order valence-corrected chi connectivity index (χ0v) is 22.0. The Labute approximate surface area is 214 Å². The molecule has 2 aromatic heterocycles. The number of aryl methyl sites for hydroxylation is 3. The van der Waals surface area contributed by atoms with Crippen LogP contribution in [0.3, 0.4) is 0 Å². The molecule has 0 aliphatic carbocycles. The molecule has 0 radical (unpaired) electrons. The fourth-order valence-corrected chi connectivity index (χ4v) is 6.04. The Hall–Kier alpha value is -3.54. The summed E-state index contributed by atoms with van der Waals surface area (Å²) in [6.45, 7) is 9.97. The van der Waals surface area contributed by atoms with Crippen LogP contribution in [0.15, 0.2) is 35.9 Å². The molecule has 0 spiro atoms. The van der Waals surface area contributed by atoms with Crippen molar-refractivity contribution in [1.82, 2.24) is 9.88 Å². The first-order valence-electron chi connectivity index (χ1n) is 11.4. The number of thiophene rings is 1.